The van der Waals surface area contributed by atoms with Crippen molar-refractivity contribution in [3.63, 3.8) is 0 Å². The van der Waals surface area contributed by atoms with Gasteiger partial charge in [-0.2, -0.15) is 0 Å². The van der Waals surface area contributed by atoms with E-state index >= 15 is 0 Å². The SMILES string of the molecule is CCNC(=O)[C@@H](C)NC(=O)COC(=O)c1cccnc1SCc1cc(C)on1. The Kier molecular flexibility index (Phi) is 8.00. The minimum atomic E-state index is -0.721. The Morgan fingerprint density at radius 3 is 2.82 bits per heavy atom. The highest BCUT2D eigenvalue weighted by Crippen LogP contribution is 2.24. The molecular formula is C18H22N4O5S. The summed E-state index contributed by atoms with van der Waals surface area (Å²) in [6, 6.07) is 4.26. The predicted molar refractivity (Wildman–Crippen MR) is 102 cm³/mol. The molecule has 0 saturated heterocycles. The van der Waals surface area contributed by atoms with Gasteiger partial charge in [0.1, 0.15) is 16.8 Å². The van der Waals surface area contributed by atoms with E-state index in [1.54, 1.807) is 45.2 Å². The number of rotatable bonds is 9. The maximum absolute atomic E-state index is 12.3. The number of carbonyl (C=O) groups excluding carboxylic acids is 3. The number of likely N-dealkylation sites (N-methyl/N-ethyl adjacent to an activating group) is 1. The van der Waals surface area contributed by atoms with Gasteiger partial charge in [0.25, 0.3) is 5.91 Å². The third-order valence-corrected chi connectivity index (χ3v) is 4.52. The van der Waals surface area contributed by atoms with Crippen LogP contribution in [0.25, 0.3) is 0 Å². The van der Waals surface area contributed by atoms with Crippen LogP contribution in [0.15, 0.2) is 33.9 Å². The highest BCUT2D eigenvalue weighted by atomic mass is 32.2. The number of aromatic nitrogens is 2. The summed E-state index contributed by atoms with van der Waals surface area (Å²) in [5.74, 6) is -0.379. The molecule has 0 aliphatic rings. The maximum atomic E-state index is 12.3. The first-order valence-corrected chi connectivity index (χ1v) is 9.63. The summed E-state index contributed by atoms with van der Waals surface area (Å²) in [6.45, 7) is 5.09. The minimum absolute atomic E-state index is 0.247. The molecule has 0 aromatic carbocycles. The lowest BCUT2D eigenvalue weighted by atomic mass is 10.3. The molecule has 0 unspecified atom stereocenters. The fourth-order valence-electron chi connectivity index (χ4n) is 2.17. The average molecular weight is 406 g/mol. The largest absolute Gasteiger partial charge is 0.452 e. The van der Waals surface area contributed by atoms with Crippen molar-refractivity contribution in [3.05, 3.63) is 41.4 Å². The average Bonchev–Trinajstić information content (AvgIpc) is 3.10. The van der Waals surface area contributed by atoms with Crippen molar-refractivity contribution in [2.75, 3.05) is 13.2 Å². The highest BCUT2D eigenvalue weighted by Gasteiger charge is 2.19. The van der Waals surface area contributed by atoms with Crippen molar-refractivity contribution >= 4 is 29.5 Å². The van der Waals surface area contributed by atoms with Crippen LogP contribution in [-0.2, 0) is 20.1 Å². The predicted octanol–water partition coefficient (Wildman–Crippen LogP) is 1.47. The van der Waals surface area contributed by atoms with Crippen LogP contribution in [0.4, 0.5) is 0 Å². The first-order chi connectivity index (χ1) is 13.4. The quantitative estimate of drug-likeness (QED) is 0.474. The number of nitrogens with zero attached hydrogens (tertiary/aromatic N) is 2. The maximum Gasteiger partial charge on any atom is 0.341 e. The van der Waals surface area contributed by atoms with E-state index in [1.165, 1.54) is 11.8 Å². The van der Waals surface area contributed by atoms with Gasteiger partial charge < -0.3 is 19.9 Å². The number of aryl methyl sites for hydroxylation is 1. The van der Waals surface area contributed by atoms with Crippen LogP contribution in [0, 0.1) is 6.92 Å². The van der Waals surface area contributed by atoms with E-state index < -0.39 is 24.5 Å². The second-order valence-electron chi connectivity index (χ2n) is 5.83. The topological polar surface area (TPSA) is 123 Å². The molecule has 28 heavy (non-hydrogen) atoms. The molecule has 2 aromatic heterocycles. The van der Waals surface area contributed by atoms with Gasteiger partial charge in [0, 0.05) is 24.6 Å². The molecule has 2 heterocycles. The van der Waals surface area contributed by atoms with Crippen LogP contribution in [0.3, 0.4) is 0 Å². The number of thioether (sulfide) groups is 1. The summed E-state index contributed by atoms with van der Waals surface area (Å²) in [4.78, 5) is 40.0. The van der Waals surface area contributed by atoms with Gasteiger partial charge in [-0.05, 0) is 32.9 Å². The normalized spacial score (nSPS) is 11.5. The zero-order chi connectivity index (χ0) is 20.5. The smallest absolute Gasteiger partial charge is 0.341 e. The van der Waals surface area contributed by atoms with Crippen LogP contribution in [-0.4, -0.2) is 47.1 Å². The van der Waals surface area contributed by atoms with Crippen molar-refractivity contribution in [3.8, 4) is 0 Å². The molecule has 9 nitrogen and oxygen atoms in total. The van der Waals surface area contributed by atoms with Crippen molar-refractivity contribution in [1.29, 1.82) is 0 Å². The number of esters is 1. The molecule has 150 valence electrons. The molecule has 2 N–H and O–H groups in total. The number of ether oxygens (including phenoxy) is 1. The molecule has 0 bridgehead atoms. The van der Waals surface area contributed by atoms with E-state index in [9.17, 15) is 14.4 Å². The zero-order valence-corrected chi connectivity index (χ0v) is 16.7. The van der Waals surface area contributed by atoms with Crippen molar-refractivity contribution in [2.45, 2.75) is 37.6 Å². The fraction of sp³-hybridized carbons (Fsp3) is 0.389. The van der Waals surface area contributed by atoms with Gasteiger partial charge >= 0.3 is 5.97 Å². The summed E-state index contributed by atoms with van der Waals surface area (Å²) in [6.07, 6.45) is 1.56. The Morgan fingerprint density at radius 1 is 1.36 bits per heavy atom. The zero-order valence-electron chi connectivity index (χ0n) is 15.9. The Labute approximate surface area is 166 Å². The Balaban J connectivity index is 1.89. The second kappa shape index (κ2) is 10.5. The van der Waals surface area contributed by atoms with Gasteiger partial charge in [-0.3, -0.25) is 9.59 Å². The lowest BCUT2D eigenvalue weighted by Gasteiger charge is -2.13. The molecule has 2 rings (SSSR count). The molecule has 1 atom stereocenters. The van der Waals surface area contributed by atoms with Gasteiger partial charge in [-0.15, -0.1) is 0 Å². The second-order valence-corrected chi connectivity index (χ2v) is 6.80. The van der Waals surface area contributed by atoms with Crippen LogP contribution >= 0.6 is 11.8 Å². The molecular weight excluding hydrogens is 384 g/mol. The van der Waals surface area contributed by atoms with Gasteiger partial charge in [0.2, 0.25) is 5.91 Å². The van der Waals surface area contributed by atoms with Gasteiger partial charge in [-0.1, -0.05) is 16.9 Å². The number of hydrogen-bond donors (Lipinski definition) is 2. The van der Waals surface area contributed by atoms with E-state index in [2.05, 4.69) is 20.8 Å². The number of hydrogen-bond acceptors (Lipinski definition) is 8. The number of nitrogens with one attached hydrogen (secondary N) is 2. The molecule has 0 radical (unpaired) electrons. The lowest BCUT2D eigenvalue weighted by molar-refractivity contribution is -0.130. The minimum Gasteiger partial charge on any atom is -0.452 e. The third-order valence-electron chi connectivity index (χ3n) is 3.48. The van der Waals surface area contributed by atoms with Crippen LogP contribution in [0.1, 0.15) is 35.7 Å². The summed E-state index contributed by atoms with van der Waals surface area (Å²) in [7, 11) is 0. The molecule has 2 amide bonds. The lowest BCUT2D eigenvalue weighted by Crippen LogP contribution is -2.46. The van der Waals surface area contributed by atoms with E-state index in [-0.39, 0.29) is 11.5 Å². The molecule has 0 fully saturated rings. The fourth-order valence-corrected chi connectivity index (χ4v) is 3.04. The Bertz CT molecular complexity index is 839. The summed E-state index contributed by atoms with van der Waals surface area (Å²) < 4.78 is 10.1. The number of carbonyl (C=O) groups is 3. The monoisotopic (exact) mass is 406 g/mol. The first kappa shape index (κ1) is 21.4. The molecule has 10 heteroatoms. The van der Waals surface area contributed by atoms with Gasteiger partial charge in [-0.25, -0.2) is 9.78 Å². The third kappa shape index (κ3) is 6.38. The summed E-state index contributed by atoms with van der Waals surface area (Å²) in [5, 5.41) is 9.42. The van der Waals surface area contributed by atoms with Gasteiger partial charge in [0.15, 0.2) is 6.61 Å². The Hall–Kier alpha value is -2.88. The molecule has 0 aliphatic heterocycles. The number of amides is 2. The van der Waals surface area contributed by atoms with Crippen molar-refractivity contribution < 1.29 is 23.6 Å². The molecule has 0 saturated carbocycles. The number of pyridine rings is 1. The van der Waals surface area contributed by atoms with E-state index in [4.69, 9.17) is 9.26 Å². The van der Waals surface area contributed by atoms with E-state index in [1.807, 2.05) is 0 Å². The van der Waals surface area contributed by atoms with Crippen LogP contribution in [0.2, 0.25) is 0 Å². The highest BCUT2D eigenvalue weighted by molar-refractivity contribution is 7.98. The molecule has 0 spiro atoms. The Morgan fingerprint density at radius 2 is 2.14 bits per heavy atom. The van der Waals surface area contributed by atoms with Gasteiger partial charge in [0.05, 0.1) is 11.3 Å². The summed E-state index contributed by atoms with van der Waals surface area (Å²) in [5.41, 5.74) is 0.975. The summed E-state index contributed by atoms with van der Waals surface area (Å²) >= 11 is 1.31. The first-order valence-electron chi connectivity index (χ1n) is 8.65. The standard InChI is InChI=1S/C18H22N4O5S/c1-4-19-16(24)12(3)21-15(23)9-26-18(25)14-6-5-7-20-17(14)28-10-13-8-11(2)27-22-13/h5-8,12H,4,9-10H2,1-3H3,(H,19,24)(H,21,23)/t12-/m1/s1. The van der Waals surface area contributed by atoms with E-state index in [0.717, 1.165) is 5.69 Å². The van der Waals surface area contributed by atoms with Crippen molar-refractivity contribution in [2.24, 2.45) is 0 Å². The van der Waals surface area contributed by atoms with E-state index in [0.29, 0.717) is 23.1 Å². The van der Waals surface area contributed by atoms with Crippen LogP contribution < -0.4 is 10.6 Å². The molecule has 2 aromatic rings. The van der Waals surface area contributed by atoms with Crippen LogP contribution in [0.5, 0.6) is 0 Å². The van der Waals surface area contributed by atoms with Crippen molar-refractivity contribution in [1.82, 2.24) is 20.8 Å². The molecule has 0 aliphatic carbocycles.